The van der Waals surface area contributed by atoms with Gasteiger partial charge in [0.1, 0.15) is 4.83 Å². The molecule has 3 aromatic heterocycles. The molecule has 0 saturated heterocycles. The highest BCUT2D eigenvalue weighted by Gasteiger charge is 2.16. The number of amides is 1. The molecule has 0 aliphatic heterocycles. The largest absolute Gasteiger partial charge is 0.354 e. The van der Waals surface area contributed by atoms with Crippen LogP contribution in [0.1, 0.15) is 9.67 Å². The van der Waals surface area contributed by atoms with Crippen LogP contribution in [0.2, 0.25) is 0 Å². The molecule has 0 atom stereocenters. The van der Waals surface area contributed by atoms with Crippen LogP contribution in [0.25, 0.3) is 19.7 Å². The molecule has 0 radical (unpaired) electrons. The first-order valence-corrected chi connectivity index (χ1v) is 9.30. The molecule has 0 saturated carbocycles. The van der Waals surface area contributed by atoms with Crippen molar-refractivity contribution in [2.45, 2.75) is 0 Å². The summed E-state index contributed by atoms with van der Waals surface area (Å²) in [5.74, 6) is -0.134. The van der Waals surface area contributed by atoms with Crippen LogP contribution < -0.4 is 10.2 Å². The highest BCUT2D eigenvalue weighted by Crippen LogP contribution is 2.34. The molecule has 0 spiro atoms. The summed E-state index contributed by atoms with van der Waals surface area (Å²) in [4.78, 5) is 24.9. The lowest BCUT2D eigenvalue weighted by Crippen LogP contribution is -2.09. The number of nitrogens with one attached hydrogen (secondary N) is 1. The third-order valence-corrected chi connectivity index (χ3v) is 6.48. The van der Waals surface area contributed by atoms with Crippen LogP contribution in [0, 0.1) is 0 Å². The molecule has 1 N–H and O–H groups in total. The van der Waals surface area contributed by atoms with Gasteiger partial charge in [-0.1, -0.05) is 34.8 Å². The predicted molar refractivity (Wildman–Crippen MR) is 99.4 cm³/mol. The number of thiophene rings is 1. The van der Waals surface area contributed by atoms with Gasteiger partial charge in [0.15, 0.2) is 10.3 Å². The van der Waals surface area contributed by atoms with Gasteiger partial charge >= 0.3 is 0 Å². The van der Waals surface area contributed by atoms with E-state index in [1.54, 1.807) is 11.3 Å². The minimum atomic E-state index is -0.134. The van der Waals surface area contributed by atoms with E-state index in [-0.39, 0.29) is 5.91 Å². The van der Waals surface area contributed by atoms with Crippen LogP contribution in [0.3, 0.4) is 0 Å². The summed E-state index contributed by atoms with van der Waals surface area (Å²) in [6, 6.07) is 9.74. The second-order valence-electron chi connectivity index (χ2n) is 5.11. The summed E-state index contributed by atoms with van der Waals surface area (Å²) >= 11 is 4.47. The van der Waals surface area contributed by atoms with E-state index in [0.29, 0.717) is 10.0 Å². The summed E-state index contributed by atoms with van der Waals surface area (Å²) in [6.45, 7) is 0. The Bertz CT molecular complexity index is 950. The van der Waals surface area contributed by atoms with Gasteiger partial charge in [0.05, 0.1) is 19.8 Å². The summed E-state index contributed by atoms with van der Waals surface area (Å²) < 4.78 is 2.10. The van der Waals surface area contributed by atoms with E-state index in [2.05, 4.69) is 15.3 Å². The maximum atomic E-state index is 12.4. The van der Waals surface area contributed by atoms with Crippen molar-refractivity contribution in [3.8, 4) is 0 Å². The zero-order valence-electron chi connectivity index (χ0n) is 12.4. The van der Waals surface area contributed by atoms with Gasteiger partial charge in [0, 0.05) is 14.1 Å². The normalized spacial score (nSPS) is 11.2. The first kappa shape index (κ1) is 14.6. The lowest BCUT2D eigenvalue weighted by molar-refractivity contribution is 0.103. The van der Waals surface area contributed by atoms with Crippen molar-refractivity contribution in [1.82, 2.24) is 9.97 Å². The average Bonchev–Trinajstić information content (AvgIpc) is 3.18. The van der Waals surface area contributed by atoms with Crippen molar-refractivity contribution in [3.05, 3.63) is 35.2 Å². The maximum absolute atomic E-state index is 12.4. The predicted octanol–water partition coefficient (Wildman–Crippen LogP) is 4.29. The number of nitrogens with zero attached hydrogens (tertiary/aromatic N) is 3. The van der Waals surface area contributed by atoms with Crippen LogP contribution in [-0.2, 0) is 0 Å². The lowest BCUT2D eigenvalue weighted by Gasteiger charge is -2.04. The van der Waals surface area contributed by atoms with Crippen molar-refractivity contribution in [2.24, 2.45) is 0 Å². The van der Waals surface area contributed by atoms with Gasteiger partial charge in [-0.15, -0.1) is 11.3 Å². The van der Waals surface area contributed by atoms with Crippen LogP contribution in [0.4, 0.5) is 10.3 Å². The third-order valence-electron chi connectivity index (χ3n) is 3.20. The first-order valence-electron chi connectivity index (χ1n) is 6.85. The quantitative estimate of drug-likeness (QED) is 0.592. The van der Waals surface area contributed by atoms with Crippen LogP contribution >= 0.6 is 34.0 Å². The third kappa shape index (κ3) is 2.69. The topological polar surface area (TPSA) is 58.1 Å². The van der Waals surface area contributed by atoms with Crippen molar-refractivity contribution in [3.63, 3.8) is 0 Å². The number of para-hydroxylation sites is 1. The molecule has 0 aliphatic rings. The number of carbonyl (C=O) groups is 1. The van der Waals surface area contributed by atoms with Crippen molar-refractivity contribution in [2.75, 3.05) is 24.3 Å². The Morgan fingerprint density at radius 1 is 1.09 bits per heavy atom. The van der Waals surface area contributed by atoms with E-state index in [1.165, 1.54) is 22.7 Å². The molecule has 1 amide bonds. The molecule has 0 bridgehead atoms. The number of thiazole rings is 2. The van der Waals surface area contributed by atoms with Gasteiger partial charge in [-0.2, -0.15) is 0 Å². The van der Waals surface area contributed by atoms with Crippen molar-refractivity contribution >= 4 is 69.9 Å². The van der Waals surface area contributed by atoms with E-state index in [1.807, 2.05) is 49.3 Å². The van der Waals surface area contributed by atoms with Gasteiger partial charge in [-0.05, 0) is 18.2 Å². The Kier molecular flexibility index (Phi) is 3.51. The number of anilines is 2. The zero-order valence-corrected chi connectivity index (χ0v) is 14.8. The molecule has 0 unspecified atom stereocenters. The lowest BCUT2D eigenvalue weighted by atomic mass is 10.3. The smallest absolute Gasteiger partial charge is 0.267 e. The molecule has 4 rings (SSSR count). The van der Waals surface area contributed by atoms with E-state index >= 15 is 0 Å². The SMILES string of the molecule is CN(C)c1nc2sc(C(=O)Nc3nc4ccccc4s3)cc2s1. The number of aromatic nitrogens is 2. The molecule has 0 fully saturated rings. The standard InChI is InChI=1S/C15H12N4OS3/c1-19(2)15-18-13-11(23-15)7-10(21-13)12(20)17-14-16-8-5-3-4-6-9(8)22-14/h3-7H,1-2H3,(H,16,17,20). The highest BCUT2D eigenvalue weighted by atomic mass is 32.1. The molecule has 5 nitrogen and oxygen atoms in total. The van der Waals surface area contributed by atoms with Gasteiger partial charge in [-0.25, -0.2) is 9.97 Å². The molecule has 1 aromatic carbocycles. The van der Waals surface area contributed by atoms with E-state index in [9.17, 15) is 4.79 Å². The summed E-state index contributed by atoms with van der Waals surface area (Å²) in [5, 5.41) is 4.45. The molecule has 8 heteroatoms. The van der Waals surface area contributed by atoms with Crippen LogP contribution in [0.5, 0.6) is 0 Å². The summed E-state index contributed by atoms with van der Waals surface area (Å²) in [6.07, 6.45) is 0. The monoisotopic (exact) mass is 360 g/mol. The fourth-order valence-electron chi connectivity index (χ4n) is 2.11. The Morgan fingerprint density at radius 3 is 2.65 bits per heavy atom. The second kappa shape index (κ2) is 5.55. The minimum Gasteiger partial charge on any atom is -0.354 e. The van der Waals surface area contributed by atoms with Crippen LogP contribution in [0.15, 0.2) is 30.3 Å². The Labute approximate surface area is 144 Å². The number of rotatable bonds is 3. The fraction of sp³-hybridized carbons (Fsp3) is 0.133. The number of benzene rings is 1. The van der Waals surface area contributed by atoms with Gasteiger partial charge in [0.2, 0.25) is 0 Å². The number of fused-ring (bicyclic) bond motifs is 2. The van der Waals surface area contributed by atoms with Gasteiger partial charge in [-0.3, -0.25) is 10.1 Å². The van der Waals surface area contributed by atoms with E-state index in [0.717, 1.165) is 24.9 Å². The minimum absolute atomic E-state index is 0.134. The molecular weight excluding hydrogens is 348 g/mol. The number of hydrogen-bond acceptors (Lipinski definition) is 7. The Hall–Kier alpha value is -2.03. The Balaban J connectivity index is 1.59. The van der Waals surface area contributed by atoms with E-state index in [4.69, 9.17) is 0 Å². The average molecular weight is 360 g/mol. The molecule has 3 heterocycles. The fourth-order valence-corrected chi connectivity index (χ4v) is 5.00. The Morgan fingerprint density at radius 2 is 1.91 bits per heavy atom. The van der Waals surface area contributed by atoms with Crippen molar-refractivity contribution < 1.29 is 4.79 Å². The first-order chi connectivity index (χ1) is 11.1. The highest BCUT2D eigenvalue weighted by molar-refractivity contribution is 7.29. The molecular formula is C15H12N4OS3. The molecule has 4 aromatic rings. The van der Waals surface area contributed by atoms with Gasteiger partial charge < -0.3 is 4.90 Å². The van der Waals surface area contributed by atoms with Gasteiger partial charge in [0.25, 0.3) is 5.91 Å². The molecule has 0 aliphatic carbocycles. The number of carbonyl (C=O) groups excluding carboxylic acids is 1. The van der Waals surface area contributed by atoms with Crippen LogP contribution in [-0.4, -0.2) is 30.0 Å². The summed E-state index contributed by atoms with van der Waals surface area (Å²) in [5.41, 5.74) is 0.900. The van der Waals surface area contributed by atoms with E-state index < -0.39 is 0 Å². The second-order valence-corrected chi connectivity index (χ2v) is 8.18. The summed E-state index contributed by atoms with van der Waals surface area (Å²) in [7, 11) is 3.92. The zero-order chi connectivity index (χ0) is 16.0. The van der Waals surface area contributed by atoms with Crippen molar-refractivity contribution in [1.29, 1.82) is 0 Å². The molecule has 116 valence electrons. The number of hydrogen-bond donors (Lipinski definition) is 1. The molecule has 23 heavy (non-hydrogen) atoms. The maximum Gasteiger partial charge on any atom is 0.267 e.